The maximum atomic E-state index is 13.6. The maximum Gasteiger partial charge on any atom is 0.408 e. The lowest BCUT2D eigenvalue weighted by Crippen LogP contribution is -2.55. The number of amides is 2. The van der Waals surface area contributed by atoms with E-state index in [-0.39, 0.29) is 11.9 Å². The predicted octanol–water partition coefficient (Wildman–Crippen LogP) is 4.12. The van der Waals surface area contributed by atoms with Gasteiger partial charge in [-0.1, -0.05) is 43.2 Å². The highest BCUT2D eigenvalue weighted by atomic mass is 16.6. The highest BCUT2D eigenvalue weighted by molar-refractivity contribution is 5.87. The molecule has 1 aliphatic carbocycles. The Morgan fingerprint density at radius 2 is 1.70 bits per heavy atom. The molecule has 1 aromatic rings. The quantitative estimate of drug-likeness (QED) is 0.786. The van der Waals surface area contributed by atoms with Crippen molar-refractivity contribution < 1.29 is 14.3 Å². The summed E-state index contributed by atoms with van der Waals surface area (Å²) >= 11 is 0. The maximum absolute atomic E-state index is 13.6. The zero-order chi connectivity index (χ0) is 21.7. The van der Waals surface area contributed by atoms with Gasteiger partial charge in [0.25, 0.3) is 0 Å². The first-order chi connectivity index (χ1) is 14.3. The van der Waals surface area contributed by atoms with Gasteiger partial charge in [-0.2, -0.15) is 0 Å². The first-order valence-electron chi connectivity index (χ1n) is 11.3. The third-order valence-corrected chi connectivity index (χ3v) is 6.19. The van der Waals surface area contributed by atoms with Crippen LogP contribution in [-0.2, 0) is 9.53 Å². The van der Waals surface area contributed by atoms with Gasteiger partial charge in [0.2, 0.25) is 5.91 Å². The van der Waals surface area contributed by atoms with Crippen LogP contribution in [0.3, 0.4) is 0 Å². The number of hydrogen-bond donors (Lipinski definition) is 1. The first kappa shape index (κ1) is 22.6. The highest BCUT2D eigenvalue weighted by Crippen LogP contribution is 2.30. The molecule has 6 nitrogen and oxygen atoms in total. The van der Waals surface area contributed by atoms with Gasteiger partial charge in [0.1, 0.15) is 11.6 Å². The molecule has 1 saturated carbocycles. The van der Waals surface area contributed by atoms with Crippen LogP contribution in [-0.4, -0.2) is 59.6 Å². The minimum atomic E-state index is -0.757. The van der Waals surface area contributed by atoms with Crippen LogP contribution in [0.5, 0.6) is 0 Å². The lowest BCUT2D eigenvalue weighted by molar-refractivity contribution is -0.136. The molecule has 0 bridgehead atoms. The molecule has 1 aliphatic heterocycles. The van der Waals surface area contributed by atoms with Gasteiger partial charge in [-0.05, 0) is 65.1 Å². The van der Waals surface area contributed by atoms with Crippen molar-refractivity contribution in [3.8, 4) is 0 Å². The van der Waals surface area contributed by atoms with Crippen molar-refractivity contribution in [2.24, 2.45) is 0 Å². The third-order valence-electron chi connectivity index (χ3n) is 6.19. The average molecular weight is 416 g/mol. The highest BCUT2D eigenvalue weighted by Gasteiger charge is 2.38. The lowest BCUT2D eigenvalue weighted by Gasteiger charge is -2.43. The van der Waals surface area contributed by atoms with E-state index in [4.69, 9.17) is 4.74 Å². The molecule has 0 spiro atoms. The summed E-state index contributed by atoms with van der Waals surface area (Å²) in [4.78, 5) is 30.6. The topological polar surface area (TPSA) is 61.9 Å². The molecule has 2 fully saturated rings. The van der Waals surface area contributed by atoms with Crippen molar-refractivity contribution in [3.05, 3.63) is 35.9 Å². The largest absolute Gasteiger partial charge is 0.444 e. The molecule has 1 saturated heterocycles. The smallest absolute Gasteiger partial charge is 0.408 e. The number of nitrogens with zero attached hydrogens (tertiary/aromatic N) is 2. The Bertz CT molecular complexity index is 710. The molecule has 1 aromatic carbocycles. The van der Waals surface area contributed by atoms with Gasteiger partial charge in [-0.25, -0.2) is 4.79 Å². The number of likely N-dealkylation sites (tertiary alicyclic amines) is 1. The number of carbonyl (C=O) groups excluding carboxylic acids is 2. The Morgan fingerprint density at radius 3 is 2.33 bits per heavy atom. The van der Waals surface area contributed by atoms with Gasteiger partial charge in [-0.3, -0.25) is 9.69 Å². The number of ether oxygens (including phenoxy) is 1. The van der Waals surface area contributed by atoms with E-state index in [9.17, 15) is 9.59 Å². The zero-order valence-electron chi connectivity index (χ0n) is 18.9. The summed E-state index contributed by atoms with van der Waals surface area (Å²) < 4.78 is 5.44. The van der Waals surface area contributed by atoms with E-state index >= 15 is 0 Å². The number of carbonyl (C=O) groups is 2. The molecule has 3 atom stereocenters. The van der Waals surface area contributed by atoms with E-state index in [1.165, 1.54) is 19.3 Å². The number of rotatable bonds is 5. The minimum absolute atomic E-state index is 0.0804. The molecule has 166 valence electrons. The van der Waals surface area contributed by atoms with Crippen molar-refractivity contribution in [2.45, 2.75) is 83.0 Å². The molecule has 2 aliphatic rings. The average Bonchev–Trinajstić information content (AvgIpc) is 3.25. The molecule has 2 amide bonds. The summed E-state index contributed by atoms with van der Waals surface area (Å²) in [6.45, 7) is 7.71. The Kier molecular flexibility index (Phi) is 7.40. The van der Waals surface area contributed by atoms with Crippen molar-refractivity contribution >= 4 is 12.0 Å². The molecule has 0 unspecified atom stereocenters. The summed E-state index contributed by atoms with van der Waals surface area (Å²) in [5.74, 6) is -0.0804. The van der Waals surface area contributed by atoms with E-state index in [0.717, 1.165) is 37.9 Å². The Morgan fingerprint density at radius 1 is 1.07 bits per heavy atom. The van der Waals surface area contributed by atoms with Crippen LogP contribution in [0.25, 0.3) is 0 Å². The van der Waals surface area contributed by atoms with Crippen molar-refractivity contribution in [1.29, 1.82) is 0 Å². The van der Waals surface area contributed by atoms with Gasteiger partial charge in [0, 0.05) is 19.1 Å². The van der Waals surface area contributed by atoms with E-state index in [0.29, 0.717) is 6.04 Å². The number of likely N-dealkylation sites (N-methyl/N-ethyl adjacent to an activating group) is 1. The molecule has 0 aromatic heterocycles. The fraction of sp³-hybridized carbons (Fsp3) is 0.667. The molecular weight excluding hydrogens is 378 g/mol. The SMILES string of the molecule is CN(C(=O)[C@@H](NC(=O)OC(C)(C)C)c1ccccc1)[C@H]1CCCC[C@@H]1N1CCCC1. The number of benzene rings is 1. The number of alkyl carbamates (subject to hydrolysis) is 1. The van der Waals surface area contributed by atoms with Crippen LogP contribution in [0, 0.1) is 0 Å². The zero-order valence-corrected chi connectivity index (χ0v) is 18.9. The molecular formula is C24H37N3O3. The molecule has 1 N–H and O–H groups in total. The molecule has 6 heteroatoms. The predicted molar refractivity (Wildman–Crippen MR) is 118 cm³/mol. The lowest BCUT2D eigenvalue weighted by atomic mass is 9.87. The standard InChI is InChI=1S/C24H37N3O3/c1-24(2,3)30-23(29)25-21(18-12-6-5-7-13-18)22(28)26(4)19-14-8-9-15-20(19)27-16-10-11-17-27/h5-7,12-13,19-21H,8-11,14-17H2,1-4H3,(H,25,29)/t19-,20-,21-/m0/s1. The Hall–Kier alpha value is -2.08. The monoisotopic (exact) mass is 415 g/mol. The second kappa shape index (κ2) is 9.82. The Labute approximate surface area is 180 Å². The van der Waals surface area contributed by atoms with Crippen LogP contribution < -0.4 is 5.32 Å². The fourth-order valence-electron chi connectivity index (χ4n) is 4.77. The van der Waals surface area contributed by atoms with Gasteiger partial charge in [0.05, 0.1) is 0 Å². The number of hydrogen-bond acceptors (Lipinski definition) is 4. The summed E-state index contributed by atoms with van der Waals surface area (Å²) in [7, 11) is 1.90. The van der Waals surface area contributed by atoms with Gasteiger partial charge in [-0.15, -0.1) is 0 Å². The summed E-state index contributed by atoms with van der Waals surface area (Å²) in [5, 5.41) is 2.83. The molecule has 0 radical (unpaired) electrons. The van der Waals surface area contributed by atoms with Crippen molar-refractivity contribution in [3.63, 3.8) is 0 Å². The van der Waals surface area contributed by atoms with Crippen LogP contribution in [0.4, 0.5) is 4.79 Å². The van der Waals surface area contributed by atoms with Crippen molar-refractivity contribution in [2.75, 3.05) is 20.1 Å². The van der Waals surface area contributed by atoms with Gasteiger partial charge >= 0.3 is 6.09 Å². The summed E-state index contributed by atoms with van der Waals surface area (Å²) in [5.41, 5.74) is 0.151. The fourth-order valence-corrected chi connectivity index (χ4v) is 4.77. The van der Waals surface area contributed by atoms with E-state index in [1.54, 1.807) is 0 Å². The normalized spacial score (nSPS) is 23.6. The van der Waals surface area contributed by atoms with Crippen LogP contribution in [0.2, 0.25) is 0 Å². The van der Waals surface area contributed by atoms with Gasteiger partial charge in [0.15, 0.2) is 0 Å². The Balaban J connectivity index is 1.79. The molecule has 1 heterocycles. The minimum Gasteiger partial charge on any atom is -0.444 e. The van der Waals surface area contributed by atoms with E-state index in [1.807, 2.05) is 63.1 Å². The molecule has 3 rings (SSSR count). The third kappa shape index (κ3) is 5.75. The van der Waals surface area contributed by atoms with Crippen LogP contribution in [0.1, 0.15) is 70.9 Å². The second-order valence-corrected chi connectivity index (χ2v) is 9.60. The van der Waals surface area contributed by atoms with Crippen LogP contribution >= 0.6 is 0 Å². The second-order valence-electron chi connectivity index (χ2n) is 9.60. The molecule has 30 heavy (non-hydrogen) atoms. The van der Waals surface area contributed by atoms with Crippen molar-refractivity contribution in [1.82, 2.24) is 15.1 Å². The first-order valence-corrected chi connectivity index (χ1v) is 11.3. The van der Waals surface area contributed by atoms with Gasteiger partial charge < -0.3 is 15.0 Å². The van der Waals surface area contributed by atoms with E-state index < -0.39 is 17.7 Å². The summed E-state index contributed by atoms with van der Waals surface area (Å²) in [6, 6.07) is 9.28. The number of nitrogens with one attached hydrogen (secondary N) is 1. The summed E-state index contributed by atoms with van der Waals surface area (Å²) in [6.07, 6.45) is 6.43. The van der Waals surface area contributed by atoms with Crippen LogP contribution in [0.15, 0.2) is 30.3 Å². The van der Waals surface area contributed by atoms with E-state index in [2.05, 4.69) is 10.2 Å².